The average molecular weight is 334 g/mol. The molecule has 1 fully saturated rings. The molecule has 3 rings (SSSR count). The zero-order valence-electron chi connectivity index (χ0n) is 13.0. The van der Waals surface area contributed by atoms with Gasteiger partial charge in [-0.25, -0.2) is 9.37 Å². The molecule has 1 aromatic heterocycles. The molecule has 6 heteroatoms. The number of carbonyl (C=O) groups excluding carboxylic acids is 1. The fourth-order valence-corrected chi connectivity index (χ4v) is 3.66. The van der Waals surface area contributed by atoms with Gasteiger partial charge in [0.2, 0.25) is 0 Å². The van der Waals surface area contributed by atoms with Crippen LogP contribution in [-0.2, 0) is 4.79 Å². The van der Waals surface area contributed by atoms with E-state index in [9.17, 15) is 9.18 Å². The van der Waals surface area contributed by atoms with Crippen molar-refractivity contribution in [3.05, 3.63) is 46.2 Å². The molecule has 1 aliphatic heterocycles. The lowest BCUT2D eigenvalue weighted by Gasteiger charge is -2.31. The van der Waals surface area contributed by atoms with E-state index in [1.165, 1.54) is 17.0 Å². The van der Waals surface area contributed by atoms with Crippen LogP contribution < -0.4 is 4.74 Å². The van der Waals surface area contributed by atoms with E-state index in [1.54, 1.807) is 23.5 Å². The van der Waals surface area contributed by atoms with Gasteiger partial charge in [-0.1, -0.05) is 6.07 Å². The number of halogens is 1. The first-order chi connectivity index (χ1) is 11.1. The summed E-state index contributed by atoms with van der Waals surface area (Å²) in [6.07, 6.45) is 3.91. The second kappa shape index (κ2) is 7.08. The van der Waals surface area contributed by atoms with Crippen LogP contribution in [0.3, 0.4) is 0 Å². The summed E-state index contributed by atoms with van der Waals surface area (Å²) >= 11 is 1.70. The molecule has 0 saturated carbocycles. The summed E-state index contributed by atoms with van der Waals surface area (Å²) in [5.74, 6) is 0.252. The highest BCUT2D eigenvalue weighted by Gasteiger charge is 2.26. The van der Waals surface area contributed by atoms with Crippen LogP contribution in [0.2, 0.25) is 0 Å². The Morgan fingerprint density at radius 3 is 3.13 bits per heavy atom. The van der Waals surface area contributed by atoms with Gasteiger partial charge >= 0.3 is 0 Å². The molecule has 1 saturated heterocycles. The molecular formula is C17H19FN2O2S. The monoisotopic (exact) mass is 334 g/mol. The van der Waals surface area contributed by atoms with Crippen molar-refractivity contribution in [2.24, 2.45) is 0 Å². The van der Waals surface area contributed by atoms with Gasteiger partial charge in [0.05, 0.1) is 5.01 Å². The van der Waals surface area contributed by atoms with E-state index in [0.717, 1.165) is 24.4 Å². The molecule has 2 heterocycles. The molecule has 4 nitrogen and oxygen atoms in total. The van der Waals surface area contributed by atoms with Crippen LogP contribution in [-0.4, -0.2) is 35.5 Å². The van der Waals surface area contributed by atoms with Gasteiger partial charge in [0, 0.05) is 36.1 Å². The molecule has 1 aliphatic rings. The number of nitrogens with zero attached hydrogens (tertiary/aromatic N) is 2. The van der Waals surface area contributed by atoms with Gasteiger partial charge in [-0.3, -0.25) is 4.79 Å². The number of ether oxygens (including phenoxy) is 1. The summed E-state index contributed by atoms with van der Waals surface area (Å²) in [4.78, 5) is 19.8. The maximum atomic E-state index is 13.1. The number of piperidine rings is 1. The topological polar surface area (TPSA) is 42.4 Å². The Bertz CT molecular complexity index is 689. The van der Waals surface area contributed by atoms with E-state index in [-0.39, 0.29) is 18.3 Å². The highest BCUT2D eigenvalue weighted by Crippen LogP contribution is 2.29. The van der Waals surface area contributed by atoms with Crippen molar-refractivity contribution in [2.75, 3.05) is 19.7 Å². The van der Waals surface area contributed by atoms with Crippen LogP contribution in [0.15, 0.2) is 30.5 Å². The lowest BCUT2D eigenvalue weighted by Crippen LogP contribution is -2.41. The molecule has 0 aliphatic carbocycles. The summed E-state index contributed by atoms with van der Waals surface area (Å²) in [5.41, 5.74) is 0. The number of aromatic nitrogens is 1. The minimum Gasteiger partial charge on any atom is -0.484 e. The quantitative estimate of drug-likeness (QED) is 0.861. The van der Waals surface area contributed by atoms with E-state index >= 15 is 0 Å². The van der Waals surface area contributed by atoms with Gasteiger partial charge in [0.1, 0.15) is 11.6 Å². The second-order valence-corrected chi connectivity index (χ2v) is 7.00. The number of rotatable bonds is 4. The van der Waals surface area contributed by atoms with E-state index in [1.807, 2.05) is 18.0 Å². The summed E-state index contributed by atoms with van der Waals surface area (Å²) < 4.78 is 18.5. The number of hydrogen-bond acceptors (Lipinski definition) is 4. The molecule has 0 unspecified atom stereocenters. The molecule has 2 aromatic rings. The van der Waals surface area contributed by atoms with Crippen LogP contribution in [0.5, 0.6) is 5.75 Å². The Labute approximate surface area is 138 Å². The Morgan fingerprint density at radius 1 is 1.52 bits per heavy atom. The zero-order chi connectivity index (χ0) is 16.2. The van der Waals surface area contributed by atoms with Gasteiger partial charge in [-0.15, -0.1) is 11.3 Å². The van der Waals surface area contributed by atoms with Gasteiger partial charge in [0.15, 0.2) is 6.61 Å². The summed E-state index contributed by atoms with van der Waals surface area (Å²) in [5, 5.41) is 1.10. The summed E-state index contributed by atoms with van der Waals surface area (Å²) in [7, 11) is 0. The Kier molecular flexibility index (Phi) is 4.91. The van der Waals surface area contributed by atoms with Crippen LogP contribution >= 0.6 is 11.3 Å². The van der Waals surface area contributed by atoms with Crippen LogP contribution in [0, 0.1) is 12.7 Å². The Morgan fingerprint density at radius 2 is 2.39 bits per heavy atom. The van der Waals surface area contributed by atoms with Crippen LogP contribution in [0.4, 0.5) is 4.39 Å². The normalized spacial score (nSPS) is 18.0. The van der Waals surface area contributed by atoms with E-state index in [2.05, 4.69) is 4.98 Å². The SMILES string of the molecule is Cc1cnc([C@H]2CCCN(C(=O)COc3cccc(F)c3)C2)s1. The predicted molar refractivity (Wildman–Crippen MR) is 87.3 cm³/mol. The fraction of sp³-hybridized carbons (Fsp3) is 0.412. The summed E-state index contributed by atoms with van der Waals surface area (Å²) in [6, 6.07) is 5.84. The average Bonchev–Trinajstić information content (AvgIpc) is 2.99. The zero-order valence-corrected chi connectivity index (χ0v) is 13.8. The standard InChI is InChI=1S/C17H19FN2O2S/c1-12-9-19-17(23-12)13-4-3-7-20(10-13)16(21)11-22-15-6-2-5-14(18)8-15/h2,5-6,8-9,13H,3-4,7,10-11H2,1H3/t13-/m0/s1. The molecule has 0 bridgehead atoms. The van der Waals surface area contributed by atoms with Crippen molar-refractivity contribution in [2.45, 2.75) is 25.7 Å². The molecule has 0 N–H and O–H groups in total. The van der Waals surface area contributed by atoms with E-state index in [4.69, 9.17) is 4.74 Å². The van der Waals surface area contributed by atoms with Gasteiger partial charge in [-0.05, 0) is 31.9 Å². The molecule has 1 amide bonds. The van der Waals surface area contributed by atoms with Crippen molar-refractivity contribution < 1.29 is 13.9 Å². The third kappa shape index (κ3) is 4.07. The van der Waals surface area contributed by atoms with Crippen molar-refractivity contribution >= 4 is 17.2 Å². The fourth-order valence-electron chi connectivity index (χ4n) is 2.76. The maximum absolute atomic E-state index is 13.1. The molecule has 122 valence electrons. The maximum Gasteiger partial charge on any atom is 0.260 e. The van der Waals surface area contributed by atoms with Crippen LogP contribution in [0.25, 0.3) is 0 Å². The van der Waals surface area contributed by atoms with Crippen molar-refractivity contribution in [1.82, 2.24) is 9.88 Å². The summed E-state index contributed by atoms with van der Waals surface area (Å²) in [6.45, 7) is 3.40. The number of carbonyl (C=O) groups is 1. The number of amides is 1. The largest absolute Gasteiger partial charge is 0.484 e. The molecule has 1 aromatic carbocycles. The van der Waals surface area contributed by atoms with Crippen molar-refractivity contribution in [3.8, 4) is 5.75 Å². The van der Waals surface area contributed by atoms with Gasteiger partial charge in [0.25, 0.3) is 5.91 Å². The number of hydrogen-bond donors (Lipinski definition) is 0. The first-order valence-corrected chi connectivity index (χ1v) is 8.52. The highest BCUT2D eigenvalue weighted by atomic mass is 32.1. The smallest absolute Gasteiger partial charge is 0.260 e. The molecule has 0 spiro atoms. The minimum absolute atomic E-state index is 0.0624. The van der Waals surface area contributed by atoms with Gasteiger partial charge < -0.3 is 9.64 Å². The highest BCUT2D eigenvalue weighted by molar-refractivity contribution is 7.11. The lowest BCUT2D eigenvalue weighted by atomic mass is 9.99. The van der Waals surface area contributed by atoms with E-state index in [0.29, 0.717) is 18.2 Å². The number of benzene rings is 1. The minimum atomic E-state index is -0.368. The van der Waals surface area contributed by atoms with E-state index < -0.39 is 0 Å². The number of likely N-dealkylation sites (tertiary alicyclic amines) is 1. The number of thiazole rings is 1. The molecule has 23 heavy (non-hydrogen) atoms. The molecular weight excluding hydrogens is 315 g/mol. The Hall–Kier alpha value is -1.95. The third-order valence-electron chi connectivity index (χ3n) is 3.92. The second-order valence-electron chi connectivity index (χ2n) is 5.73. The first-order valence-electron chi connectivity index (χ1n) is 7.70. The van der Waals surface area contributed by atoms with Gasteiger partial charge in [-0.2, -0.15) is 0 Å². The third-order valence-corrected chi connectivity index (χ3v) is 5.00. The van der Waals surface area contributed by atoms with Crippen molar-refractivity contribution in [1.29, 1.82) is 0 Å². The predicted octanol–water partition coefficient (Wildman–Crippen LogP) is 3.38. The molecule has 1 atom stereocenters. The first kappa shape index (κ1) is 15.9. The van der Waals surface area contributed by atoms with Crippen molar-refractivity contribution in [3.63, 3.8) is 0 Å². The number of aryl methyl sites for hydroxylation is 1. The van der Waals surface area contributed by atoms with Crippen LogP contribution in [0.1, 0.15) is 28.6 Å². The Balaban J connectivity index is 1.56. The lowest BCUT2D eigenvalue weighted by molar-refractivity contribution is -0.134. The molecule has 0 radical (unpaired) electrons.